The van der Waals surface area contributed by atoms with Crippen LogP contribution in [0, 0.1) is 12.7 Å². The number of aryl methyl sites for hydroxylation is 1. The van der Waals surface area contributed by atoms with Crippen molar-refractivity contribution in [1.29, 1.82) is 0 Å². The van der Waals surface area contributed by atoms with Gasteiger partial charge in [0.15, 0.2) is 0 Å². The Hall–Kier alpha value is -3.59. The summed E-state index contributed by atoms with van der Waals surface area (Å²) in [6.07, 6.45) is -0.0313. The molecular weight excluding hydrogens is 433 g/mol. The number of ketones is 1. The highest BCUT2D eigenvalue weighted by Gasteiger charge is 2.49. The smallest absolute Gasteiger partial charge is 0.301 e. The fourth-order valence-corrected chi connectivity index (χ4v) is 4.24. The van der Waals surface area contributed by atoms with Gasteiger partial charge in [0.2, 0.25) is 5.13 Å². The van der Waals surface area contributed by atoms with E-state index < -0.39 is 29.3 Å². The van der Waals surface area contributed by atoms with E-state index in [1.165, 1.54) is 18.2 Å². The summed E-state index contributed by atoms with van der Waals surface area (Å²) in [5.41, 5.74) is 0.153. The van der Waals surface area contributed by atoms with Crippen LogP contribution in [0.25, 0.3) is 5.76 Å². The first kappa shape index (κ1) is 21.6. The van der Waals surface area contributed by atoms with Crippen LogP contribution in [0.15, 0.2) is 54.1 Å². The summed E-state index contributed by atoms with van der Waals surface area (Å²) < 4.78 is 20.4. The molecule has 3 aromatic rings. The molecule has 1 saturated heterocycles. The number of amides is 1. The van der Waals surface area contributed by atoms with Gasteiger partial charge in [-0.2, -0.15) is 0 Å². The quantitative estimate of drug-likeness (QED) is 0.350. The van der Waals surface area contributed by atoms with E-state index >= 15 is 0 Å². The molecule has 0 saturated carbocycles. The summed E-state index contributed by atoms with van der Waals surface area (Å²) >= 11 is 1.10. The number of nitrogens with zero attached hydrogens (tertiary/aromatic N) is 3. The summed E-state index contributed by atoms with van der Waals surface area (Å²) in [6.45, 7) is 5.48. The lowest BCUT2D eigenvalue weighted by Gasteiger charge is -2.22. The molecule has 2 heterocycles. The summed E-state index contributed by atoms with van der Waals surface area (Å²) in [4.78, 5) is 27.1. The van der Waals surface area contributed by atoms with E-state index in [2.05, 4.69) is 10.2 Å². The zero-order chi connectivity index (χ0) is 23.0. The Morgan fingerprint density at radius 3 is 2.41 bits per heavy atom. The Labute approximate surface area is 187 Å². The van der Waals surface area contributed by atoms with Gasteiger partial charge in [0.05, 0.1) is 11.7 Å². The summed E-state index contributed by atoms with van der Waals surface area (Å²) in [6, 6.07) is 11.1. The molecule has 0 spiro atoms. The van der Waals surface area contributed by atoms with E-state index in [4.69, 9.17) is 4.74 Å². The molecule has 4 rings (SSSR count). The molecule has 7 nitrogen and oxygen atoms in total. The van der Waals surface area contributed by atoms with Crippen LogP contribution in [0.2, 0.25) is 0 Å². The van der Waals surface area contributed by atoms with Gasteiger partial charge < -0.3 is 9.84 Å². The molecule has 32 heavy (non-hydrogen) atoms. The topological polar surface area (TPSA) is 92.6 Å². The number of hydrogen-bond acceptors (Lipinski definition) is 7. The van der Waals surface area contributed by atoms with Crippen molar-refractivity contribution in [2.24, 2.45) is 0 Å². The predicted molar refractivity (Wildman–Crippen MR) is 118 cm³/mol. The first-order chi connectivity index (χ1) is 15.3. The Morgan fingerprint density at radius 2 is 1.81 bits per heavy atom. The van der Waals surface area contributed by atoms with Crippen molar-refractivity contribution in [1.82, 2.24) is 10.2 Å². The second-order valence-corrected chi connectivity index (χ2v) is 8.65. The van der Waals surface area contributed by atoms with Crippen molar-refractivity contribution in [3.63, 3.8) is 0 Å². The van der Waals surface area contributed by atoms with Gasteiger partial charge in [0.25, 0.3) is 5.78 Å². The number of aliphatic hydroxyl groups is 1. The molecule has 1 amide bonds. The Balaban J connectivity index is 1.87. The zero-order valence-corrected chi connectivity index (χ0v) is 18.4. The molecular formula is C23H20FN3O4S. The maximum Gasteiger partial charge on any atom is 0.301 e. The number of aliphatic hydroxyl groups excluding tert-OH is 1. The minimum absolute atomic E-state index is 0.0313. The van der Waals surface area contributed by atoms with E-state index in [9.17, 15) is 19.1 Å². The van der Waals surface area contributed by atoms with E-state index in [0.29, 0.717) is 16.3 Å². The lowest BCUT2D eigenvalue weighted by Crippen LogP contribution is -2.29. The number of aromatic nitrogens is 2. The zero-order valence-electron chi connectivity index (χ0n) is 17.6. The number of ether oxygens (including phenoxy) is 1. The predicted octanol–water partition coefficient (Wildman–Crippen LogP) is 4.40. The van der Waals surface area contributed by atoms with Gasteiger partial charge in [-0.3, -0.25) is 14.5 Å². The molecule has 1 unspecified atom stereocenters. The van der Waals surface area contributed by atoms with Crippen LogP contribution in [-0.4, -0.2) is 33.1 Å². The fraction of sp³-hybridized carbons (Fsp3) is 0.217. The normalized spacial score (nSPS) is 17.9. The number of halogens is 1. The second-order valence-electron chi connectivity index (χ2n) is 7.49. The van der Waals surface area contributed by atoms with Gasteiger partial charge >= 0.3 is 5.91 Å². The highest BCUT2D eigenvalue weighted by atomic mass is 32.1. The van der Waals surface area contributed by atoms with Gasteiger partial charge in [0.1, 0.15) is 28.4 Å². The molecule has 9 heteroatoms. The molecule has 1 fully saturated rings. The van der Waals surface area contributed by atoms with Crippen LogP contribution in [0.5, 0.6) is 5.75 Å². The van der Waals surface area contributed by atoms with Crippen LogP contribution < -0.4 is 9.64 Å². The van der Waals surface area contributed by atoms with Crippen LogP contribution in [0.1, 0.15) is 36.0 Å². The van der Waals surface area contributed by atoms with Gasteiger partial charge in [-0.15, -0.1) is 10.2 Å². The van der Waals surface area contributed by atoms with Gasteiger partial charge in [-0.05, 0) is 51.1 Å². The number of Topliss-reactive ketones (excluding diaryl/α,β-unsaturated/α-hetero) is 1. The number of carbonyl (C=O) groups excluding carboxylic acids is 2. The first-order valence-corrected chi connectivity index (χ1v) is 10.7. The van der Waals surface area contributed by atoms with Crippen LogP contribution in [-0.2, 0) is 9.59 Å². The lowest BCUT2D eigenvalue weighted by molar-refractivity contribution is -0.132. The summed E-state index contributed by atoms with van der Waals surface area (Å²) in [5.74, 6) is -2.26. The van der Waals surface area contributed by atoms with E-state index in [0.717, 1.165) is 16.2 Å². The molecule has 1 aromatic heterocycles. The first-order valence-electron chi connectivity index (χ1n) is 9.90. The lowest BCUT2D eigenvalue weighted by atomic mass is 9.95. The molecule has 0 radical (unpaired) electrons. The fourth-order valence-electron chi connectivity index (χ4n) is 3.52. The molecule has 1 aliphatic heterocycles. The highest BCUT2D eigenvalue weighted by molar-refractivity contribution is 7.15. The van der Waals surface area contributed by atoms with Gasteiger partial charge in [-0.25, -0.2) is 4.39 Å². The molecule has 1 N–H and O–H groups in total. The molecule has 2 aromatic carbocycles. The monoisotopic (exact) mass is 453 g/mol. The average Bonchev–Trinajstić information content (AvgIpc) is 3.29. The second kappa shape index (κ2) is 8.51. The summed E-state index contributed by atoms with van der Waals surface area (Å²) in [7, 11) is 0. The number of hydrogen-bond donors (Lipinski definition) is 1. The maximum atomic E-state index is 14.8. The number of rotatable bonds is 5. The van der Waals surface area contributed by atoms with E-state index in [-0.39, 0.29) is 22.4 Å². The third-order valence-corrected chi connectivity index (χ3v) is 5.70. The van der Waals surface area contributed by atoms with Crippen molar-refractivity contribution >= 4 is 33.9 Å². The largest absolute Gasteiger partial charge is 0.507 e. The maximum absolute atomic E-state index is 14.8. The van der Waals surface area contributed by atoms with Crippen LogP contribution in [0.4, 0.5) is 9.52 Å². The Kier molecular flexibility index (Phi) is 5.75. The van der Waals surface area contributed by atoms with Crippen LogP contribution >= 0.6 is 11.3 Å². The van der Waals surface area contributed by atoms with Crippen molar-refractivity contribution < 1.29 is 23.8 Å². The molecule has 164 valence electrons. The SMILES string of the molecule is Cc1nnc(N2C(=O)C(=O)C(=C(O)c3ccc(OC(C)C)cc3)C2c2ccccc2F)s1. The van der Waals surface area contributed by atoms with Crippen molar-refractivity contribution in [2.75, 3.05) is 4.90 Å². The Bertz CT molecular complexity index is 1220. The third kappa shape index (κ3) is 3.87. The number of carbonyl (C=O) groups is 2. The van der Waals surface area contributed by atoms with Gasteiger partial charge in [0, 0.05) is 11.1 Å². The minimum atomic E-state index is -1.19. The third-order valence-electron chi connectivity index (χ3n) is 4.87. The van der Waals surface area contributed by atoms with Crippen molar-refractivity contribution in [3.05, 3.63) is 76.1 Å². The standard InChI is InChI=1S/C23H20FN3O4S/c1-12(2)31-15-10-8-14(9-11-15)20(28)18-19(16-6-4-5-7-17(16)24)27(22(30)21(18)29)23-26-25-13(3)32-23/h4-12,19,28H,1-3H3. The van der Waals surface area contributed by atoms with E-state index in [1.54, 1.807) is 37.3 Å². The number of benzene rings is 2. The highest BCUT2D eigenvalue weighted by Crippen LogP contribution is 2.43. The molecule has 1 atom stereocenters. The molecule has 0 bridgehead atoms. The van der Waals surface area contributed by atoms with Crippen LogP contribution in [0.3, 0.4) is 0 Å². The van der Waals surface area contributed by atoms with Crippen molar-refractivity contribution in [2.45, 2.75) is 32.9 Å². The molecule has 1 aliphatic rings. The number of anilines is 1. The van der Waals surface area contributed by atoms with Gasteiger partial charge in [-0.1, -0.05) is 29.5 Å². The summed E-state index contributed by atoms with van der Waals surface area (Å²) in [5, 5.41) is 19.7. The average molecular weight is 453 g/mol. The minimum Gasteiger partial charge on any atom is -0.507 e. The Morgan fingerprint density at radius 1 is 1.12 bits per heavy atom. The van der Waals surface area contributed by atoms with E-state index in [1.807, 2.05) is 13.8 Å². The van der Waals surface area contributed by atoms with Crippen molar-refractivity contribution in [3.8, 4) is 5.75 Å². The molecule has 0 aliphatic carbocycles.